The Balaban J connectivity index is 1.93. The Labute approximate surface area is 128 Å². The highest BCUT2D eigenvalue weighted by atomic mass is 35.5. The predicted octanol–water partition coefficient (Wildman–Crippen LogP) is 5.17. The summed E-state index contributed by atoms with van der Waals surface area (Å²) < 4.78 is 0. The Morgan fingerprint density at radius 1 is 0.905 bits per heavy atom. The lowest BCUT2D eigenvalue weighted by Crippen LogP contribution is -2.08. The molecule has 0 aliphatic rings. The average Bonchev–Trinajstić information content (AvgIpc) is 2.52. The lowest BCUT2D eigenvalue weighted by atomic mass is 10.0. The highest BCUT2D eigenvalue weighted by molar-refractivity contribution is 6.30. The summed E-state index contributed by atoms with van der Waals surface area (Å²) in [5.74, 6) is 0. The van der Waals surface area contributed by atoms with Crippen molar-refractivity contribution in [3.63, 3.8) is 0 Å². The van der Waals surface area contributed by atoms with Gasteiger partial charge in [-0.1, -0.05) is 54.1 Å². The fraction of sp³-hybridized carbons (Fsp3) is 0.0556. The van der Waals surface area contributed by atoms with E-state index < -0.39 is 6.04 Å². The van der Waals surface area contributed by atoms with Crippen molar-refractivity contribution in [2.75, 3.05) is 5.32 Å². The Bertz CT molecular complexity index is 821. The van der Waals surface area contributed by atoms with E-state index in [1.54, 1.807) is 0 Å². The first-order valence-electron chi connectivity index (χ1n) is 6.67. The van der Waals surface area contributed by atoms with Gasteiger partial charge in [0.1, 0.15) is 6.04 Å². The van der Waals surface area contributed by atoms with Crippen LogP contribution in [0.4, 0.5) is 5.69 Å². The molecular formula is C18H13ClN2. The summed E-state index contributed by atoms with van der Waals surface area (Å²) in [4.78, 5) is 0. The average molecular weight is 293 g/mol. The van der Waals surface area contributed by atoms with Crippen molar-refractivity contribution in [1.82, 2.24) is 0 Å². The number of hydrogen-bond donors (Lipinski definition) is 1. The number of nitriles is 1. The van der Waals surface area contributed by atoms with Crippen molar-refractivity contribution in [1.29, 1.82) is 5.26 Å². The van der Waals surface area contributed by atoms with E-state index in [-0.39, 0.29) is 0 Å². The summed E-state index contributed by atoms with van der Waals surface area (Å²) in [5.41, 5.74) is 1.78. The van der Waals surface area contributed by atoms with Crippen LogP contribution >= 0.6 is 11.6 Å². The van der Waals surface area contributed by atoms with Crippen LogP contribution in [0.25, 0.3) is 10.8 Å². The normalized spacial score (nSPS) is 11.8. The van der Waals surface area contributed by atoms with Crippen molar-refractivity contribution < 1.29 is 0 Å². The van der Waals surface area contributed by atoms with Crippen LogP contribution in [0.1, 0.15) is 11.6 Å². The van der Waals surface area contributed by atoms with Crippen molar-refractivity contribution in [3.8, 4) is 6.07 Å². The van der Waals surface area contributed by atoms with Crippen LogP contribution in [0, 0.1) is 11.3 Å². The second kappa shape index (κ2) is 5.87. The number of halogens is 1. The fourth-order valence-corrected chi connectivity index (χ4v) is 2.51. The van der Waals surface area contributed by atoms with Gasteiger partial charge in [0.2, 0.25) is 0 Å². The Morgan fingerprint density at radius 3 is 2.48 bits per heavy atom. The van der Waals surface area contributed by atoms with E-state index in [0.717, 1.165) is 16.6 Å². The van der Waals surface area contributed by atoms with Gasteiger partial charge in [-0.25, -0.2) is 0 Å². The maximum atomic E-state index is 9.44. The number of rotatable bonds is 3. The Kier molecular flexibility index (Phi) is 3.77. The van der Waals surface area contributed by atoms with E-state index in [0.29, 0.717) is 5.02 Å². The molecule has 3 heteroatoms. The number of nitrogens with zero attached hydrogens (tertiary/aromatic N) is 1. The molecule has 3 rings (SSSR count). The third-order valence-electron chi connectivity index (χ3n) is 3.37. The van der Waals surface area contributed by atoms with Crippen LogP contribution in [0.15, 0.2) is 66.7 Å². The van der Waals surface area contributed by atoms with Gasteiger partial charge >= 0.3 is 0 Å². The molecule has 21 heavy (non-hydrogen) atoms. The monoisotopic (exact) mass is 292 g/mol. The van der Waals surface area contributed by atoms with Gasteiger partial charge < -0.3 is 5.32 Å². The second-order valence-corrected chi connectivity index (χ2v) is 5.26. The van der Waals surface area contributed by atoms with E-state index in [4.69, 9.17) is 11.6 Å². The van der Waals surface area contributed by atoms with E-state index in [1.807, 2.05) is 60.7 Å². The summed E-state index contributed by atoms with van der Waals surface area (Å²) in [6.07, 6.45) is 0. The fourth-order valence-electron chi connectivity index (χ4n) is 2.32. The highest BCUT2D eigenvalue weighted by Crippen LogP contribution is 2.24. The topological polar surface area (TPSA) is 35.8 Å². The van der Waals surface area contributed by atoms with Gasteiger partial charge in [-0.15, -0.1) is 0 Å². The molecule has 3 aromatic carbocycles. The minimum atomic E-state index is -0.409. The van der Waals surface area contributed by atoms with Crippen molar-refractivity contribution >= 4 is 28.1 Å². The zero-order valence-electron chi connectivity index (χ0n) is 11.3. The molecule has 3 aromatic rings. The molecule has 0 fully saturated rings. The Morgan fingerprint density at radius 2 is 1.71 bits per heavy atom. The molecule has 1 N–H and O–H groups in total. The van der Waals surface area contributed by atoms with Crippen LogP contribution in [-0.4, -0.2) is 0 Å². The molecule has 0 bridgehead atoms. The van der Waals surface area contributed by atoms with Gasteiger partial charge in [0.05, 0.1) is 6.07 Å². The molecule has 0 radical (unpaired) electrons. The summed E-state index contributed by atoms with van der Waals surface area (Å²) in [6.45, 7) is 0. The van der Waals surface area contributed by atoms with E-state index in [2.05, 4.69) is 17.5 Å². The van der Waals surface area contributed by atoms with Crippen LogP contribution < -0.4 is 5.32 Å². The third kappa shape index (κ3) is 2.99. The highest BCUT2D eigenvalue weighted by Gasteiger charge is 2.11. The lowest BCUT2D eigenvalue weighted by Gasteiger charge is -2.14. The number of fused-ring (bicyclic) bond motifs is 1. The van der Waals surface area contributed by atoms with Crippen molar-refractivity contribution in [3.05, 3.63) is 77.3 Å². The molecule has 0 aromatic heterocycles. The standard InChI is InChI=1S/C18H13ClN2/c19-16-6-3-7-17(11-16)21-18(12-20)15-9-8-13-4-1-2-5-14(13)10-15/h1-11,18,21H. The summed E-state index contributed by atoms with van der Waals surface area (Å²) in [6, 6.07) is 23.4. The molecule has 0 aliphatic heterocycles. The van der Waals surface area contributed by atoms with Crippen LogP contribution in [0.2, 0.25) is 5.02 Å². The molecule has 0 heterocycles. The lowest BCUT2D eigenvalue weighted by molar-refractivity contribution is 1.00. The summed E-state index contributed by atoms with van der Waals surface area (Å²) in [5, 5.41) is 15.6. The van der Waals surface area contributed by atoms with E-state index in [9.17, 15) is 5.26 Å². The van der Waals surface area contributed by atoms with Crippen LogP contribution in [0.3, 0.4) is 0 Å². The van der Waals surface area contributed by atoms with E-state index in [1.165, 1.54) is 5.39 Å². The summed E-state index contributed by atoms with van der Waals surface area (Å²) >= 11 is 5.97. The molecule has 102 valence electrons. The number of hydrogen-bond acceptors (Lipinski definition) is 2. The molecule has 1 atom stereocenters. The smallest absolute Gasteiger partial charge is 0.140 e. The largest absolute Gasteiger partial charge is 0.366 e. The maximum Gasteiger partial charge on any atom is 0.140 e. The molecule has 2 nitrogen and oxygen atoms in total. The van der Waals surface area contributed by atoms with Gasteiger partial charge in [-0.05, 0) is 40.6 Å². The van der Waals surface area contributed by atoms with Gasteiger partial charge in [0.15, 0.2) is 0 Å². The first-order valence-corrected chi connectivity index (χ1v) is 7.04. The molecule has 0 spiro atoms. The minimum absolute atomic E-state index is 0.409. The van der Waals surface area contributed by atoms with Gasteiger partial charge in [-0.3, -0.25) is 0 Å². The van der Waals surface area contributed by atoms with Gasteiger partial charge in [0, 0.05) is 10.7 Å². The van der Waals surface area contributed by atoms with Crippen molar-refractivity contribution in [2.45, 2.75) is 6.04 Å². The first kappa shape index (κ1) is 13.5. The minimum Gasteiger partial charge on any atom is -0.366 e. The Hall–Kier alpha value is -2.50. The zero-order chi connectivity index (χ0) is 14.7. The molecule has 0 aliphatic carbocycles. The number of anilines is 1. The first-order chi connectivity index (χ1) is 10.3. The molecule has 1 unspecified atom stereocenters. The van der Waals surface area contributed by atoms with Crippen molar-refractivity contribution in [2.24, 2.45) is 0 Å². The molecule has 0 saturated heterocycles. The zero-order valence-corrected chi connectivity index (χ0v) is 12.0. The predicted molar refractivity (Wildman–Crippen MR) is 87.4 cm³/mol. The molecular weight excluding hydrogens is 280 g/mol. The molecule has 0 saturated carbocycles. The molecule has 0 amide bonds. The maximum absolute atomic E-state index is 9.44. The number of benzene rings is 3. The van der Waals surface area contributed by atoms with E-state index >= 15 is 0 Å². The van der Waals surface area contributed by atoms with Gasteiger partial charge in [-0.2, -0.15) is 5.26 Å². The van der Waals surface area contributed by atoms with Crippen LogP contribution in [0.5, 0.6) is 0 Å². The third-order valence-corrected chi connectivity index (χ3v) is 3.61. The van der Waals surface area contributed by atoms with Gasteiger partial charge in [0.25, 0.3) is 0 Å². The van der Waals surface area contributed by atoms with Crippen LogP contribution in [-0.2, 0) is 0 Å². The quantitative estimate of drug-likeness (QED) is 0.723. The second-order valence-electron chi connectivity index (χ2n) is 4.82. The number of nitrogens with one attached hydrogen (secondary N) is 1. The SMILES string of the molecule is N#CC(Nc1cccc(Cl)c1)c1ccc2ccccc2c1. The summed E-state index contributed by atoms with van der Waals surface area (Å²) in [7, 11) is 0.